The summed E-state index contributed by atoms with van der Waals surface area (Å²) in [6.07, 6.45) is -0.994. The molecule has 6 nitrogen and oxygen atoms in total. The molecule has 1 aliphatic heterocycles. The van der Waals surface area contributed by atoms with Gasteiger partial charge in [0.05, 0.1) is 30.2 Å². The first-order valence-electron chi connectivity index (χ1n) is 5.84. The number of nitrogens with zero attached hydrogens (tertiary/aromatic N) is 1. The number of halogens is 1. The van der Waals surface area contributed by atoms with Crippen molar-refractivity contribution in [2.75, 3.05) is 13.7 Å². The zero-order chi connectivity index (χ0) is 14.9. The number of carbonyl (C=O) groups excluding carboxylic acids is 2. The number of aliphatic carboxylic acids is 1. The molecule has 0 fully saturated rings. The molecule has 0 aliphatic carbocycles. The third-order valence-corrected chi connectivity index (χ3v) is 3.55. The molecule has 1 unspecified atom stereocenters. The largest absolute Gasteiger partial charge is 0.481 e. The van der Waals surface area contributed by atoms with Crippen LogP contribution in [0.2, 0.25) is 0 Å². The van der Waals surface area contributed by atoms with Crippen LogP contribution in [0.15, 0.2) is 22.7 Å². The number of rotatable bonds is 5. The molecule has 0 saturated heterocycles. The first-order chi connectivity index (χ1) is 9.43. The van der Waals surface area contributed by atoms with Crippen LogP contribution in [0.4, 0.5) is 0 Å². The van der Waals surface area contributed by atoms with Crippen molar-refractivity contribution in [3.8, 4) is 0 Å². The van der Waals surface area contributed by atoms with Crippen LogP contribution in [0.1, 0.15) is 27.1 Å². The molecule has 1 N–H and O–H groups in total. The highest BCUT2D eigenvalue weighted by Gasteiger charge is 2.37. The van der Waals surface area contributed by atoms with Crippen LogP contribution in [0.3, 0.4) is 0 Å². The SMILES string of the molecule is COC(CC(=O)O)CN1C(=O)c2ccc(Br)cc2C1=O. The van der Waals surface area contributed by atoms with E-state index in [-0.39, 0.29) is 13.0 Å². The average molecular weight is 342 g/mol. The first kappa shape index (κ1) is 14.7. The Labute approximate surface area is 123 Å². The molecule has 1 atom stereocenters. The number of hydrogen-bond acceptors (Lipinski definition) is 4. The Balaban J connectivity index is 2.21. The molecule has 20 heavy (non-hydrogen) atoms. The number of carboxylic acid groups (broad SMARTS) is 1. The predicted molar refractivity (Wildman–Crippen MR) is 72.6 cm³/mol. The molecule has 2 rings (SSSR count). The lowest BCUT2D eigenvalue weighted by molar-refractivity contribution is -0.139. The van der Waals surface area contributed by atoms with Crippen molar-refractivity contribution in [1.82, 2.24) is 4.90 Å². The number of fused-ring (bicyclic) bond motifs is 1. The number of ether oxygens (including phenoxy) is 1. The summed E-state index contributed by atoms with van der Waals surface area (Å²) in [4.78, 5) is 36.0. The van der Waals surface area contributed by atoms with Gasteiger partial charge >= 0.3 is 5.97 Å². The summed E-state index contributed by atoms with van der Waals surface area (Å²) in [6.45, 7) is -0.0766. The highest BCUT2D eigenvalue weighted by Crippen LogP contribution is 2.26. The summed E-state index contributed by atoms with van der Waals surface area (Å²) < 4.78 is 5.71. The van der Waals surface area contributed by atoms with Gasteiger partial charge in [-0.15, -0.1) is 0 Å². The Morgan fingerprint density at radius 1 is 1.35 bits per heavy atom. The van der Waals surface area contributed by atoms with E-state index >= 15 is 0 Å². The van der Waals surface area contributed by atoms with Gasteiger partial charge in [-0.25, -0.2) is 0 Å². The lowest BCUT2D eigenvalue weighted by Gasteiger charge is -2.20. The number of methoxy groups -OCH3 is 1. The van der Waals surface area contributed by atoms with E-state index in [0.717, 1.165) is 4.90 Å². The minimum absolute atomic E-state index is 0.0766. The quantitative estimate of drug-likeness (QED) is 0.821. The molecule has 1 aromatic rings. The summed E-state index contributed by atoms with van der Waals surface area (Å²) in [5.74, 6) is -1.90. The number of imide groups is 1. The van der Waals surface area contributed by atoms with E-state index in [4.69, 9.17) is 9.84 Å². The number of hydrogen-bond donors (Lipinski definition) is 1. The van der Waals surface area contributed by atoms with Gasteiger partial charge in [-0.05, 0) is 18.2 Å². The Kier molecular flexibility index (Phi) is 4.20. The van der Waals surface area contributed by atoms with E-state index < -0.39 is 23.9 Å². The van der Waals surface area contributed by atoms with Crippen molar-refractivity contribution < 1.29 is 24.2 Å². The molecule has 1 aliphatic rings. The predicted octanol–water partition coefficient (Wildman–Crippen LogP) is 1.53. The minimum atomic E-state index is -1.05. The summed E-state index contributed by atoms with van der Waals surface area (Å²) in [6, 6.07) is 4.83. The summed E-state index contributed by atoms with van der Waals surface area (Å²) in [7, 11) is 1.35. The number of amides is 2. The van der Waals surface area contributed by atoms with Gasteiger partial charge in [0.1, 0.15) is 0 Å². The Morgan fingerprint density at radius 3 is 2.60 bits per heavy atom. The third-order valence-electron chi connectivity index (χ3n) is 3.05. The van der Waals surface area contributed by atoms with Crippen LogP contribution in [-0.4, -0.2) is 47.5 Å². The molecule has 0 spiro atoms. The Bertz CT molecular complexity index is 586. The molecule has 2 amide bonds. The van der Waals surface area contributed by atoms with E-state index in [0.29, 0.717) is 15.6 Å². The number of carbonyl (C=O) groups is 3. The maximum absolute atomic E-state index is 12.2. The van der Waals surface area contributed by atoms with Gasteiger partial charge in [-0.3, -0.25) is 19.3 Å². The van der Waals surface area contributed by atoms with Gasteiger partial charge in [0.15, 0.2) is 0 Å². The maximum Gasteiger partial charge on any atom is 0.306 e. The molecule has 0 saturated carbocycles. The molecular weight excluding hydrogens is 330 g/mol. The van der Waals surface area contributed by atoms with Crippen molar-refractivity contribution in [1.29, 1.82) is 0 Å². The lowest BCUT2D eigenvalue weighted by Crippen LogP contribution is -2.38. The smallest absolute Gasteiger partial charge is 0.306 e. The molecule has 1 aromatic carbocycles. The summed E-state index contributed by atoms with van der Waals surface area (Å²) >= 11 is 3.25. The highest BCUT2D eigenvalue weighted by atomic mass is 79.9. The van der Waals surface area contributed by atoms with Crippen LogP contribution in [-0.2, 0) is 9.53 Å². The van der Waals surface area contributed by atoms with Crippen LogP contribution >= 0.6 is 15.9 Å². The number of carboxylic acids is 1. The first-order valence-corrected chi connectivity index (χ1v) is 6.63. The second-order valence-corrected chi connectivity index (χ2v) is 5.28. The van der Waals surface area contributed by atoms with Crippen LogP contribution < -0.4 is 0 Å². The highest BCUT2D eigenvalue weighted by molar-refractivity contribution is 9.10. The molecule has 1 heterocycles. The Morgan fingerprint density at radius 2 is 2.00 bits per heavy atom. The second-order valence-electron chi connectivity index (χ2n) is 4.37. The van der Waals surface area contributed by atoms with Gasteiger partial charge in [0, 0.05) is 11.6 Å². The fourth-order valence-electron chi connectivity index (χ4n) is 2.05. The summed E-state index contributed by atoms with van der Waals surface area (Å²) in [5, 5.41) is 8.76. The second kappa shape index (κ2) is 5.72. The van der Waals surface area contributed by atoms with Gasteiger partial charge in [0.2, 0.25) is 0 Å². The fraction of sp³-hybridized carbons (Fsp3) is 0.308. The van der Waals surface area contributed by atoms with Crippen molar-refractivity contribution in [2.45, 2.75) is 12.5 Å². The Hall–Kier alpha value is -1.73. The average Bonchev–Trinajstić information content (AvgIpc) is 2.62. The van der Waals surface area contributed by atoms with Crippen LogP contribution in [0.25, 0.3) is 0 Å². The van der Waals surface area contributed by atoms with E-state index in [2.05, 4.69) is 15.9 Å². The molecule has 0 aromatic heterocycles. The standard InChI is InChI=1S/C13H12BrNO5/c1-20-8(5-11(16)17)6-15-12(18)9-3-2-7(14)4-10(9)13(15)19/h2-4,8H,5-6H2,1H3,(H,16,17). The molecule has 7 heteroatoms. The number of benzene rings is 1. The van der Waals surface area contributed by atoms with E-state index in [1.807, 2.05) is 0 Å². The van der Waals surface area contributed by atoms with Crippen molar-refractivity contribution in [3.05, 3.63) is 33.8 Å². The van der Waals surface area contributed by atoms with Crippen molar-refractivity contribution in [3.63, 3.8) is 0 Å². The molecular formula is C13H12BrNO5. The van der Waals surface area contributed by atoms with Crippen molar-refractivity contribution in [2.24, 2.45) is 0 Å². The zero-order valence-electron chi connectivity index (χ0n) is 10.6. The zero-order valence-corrected chi connectivity index (χ0v) is 12.2. The van der Waals surface area contributed by atoms with Gasteiger partial charge in [-0.2, -0.15) is 0 Å². The summed E-state index contributed by atoms with van der Waals surface area (Å²) in [5.41, 5.74) is 0.637. The molecule has 106 valence electrons. The van der Waals surface area contributed by atoms with Crippen LogP contribution in [0.5, 0.6) is 0 Å². The van der Waals surface area contributed by atoms with E-state index in [9.17, 15) is 14.4 Å². The van der Waals surface area contributed by atoms with Crippen molar-refractivity contribution >= 4 is 33.7 Å². The van der Waals surface area contributed by atoms with E-state index in [1.165, 1.54) is 7.11 Å². The third kappa shape index (κ3) is 2.73. The minimum Gasteiger partial charge on any atom is -0.481 e. The van der Waals surface area contributed by atoms with Gasteiger partial charge in [0.25, 0.3) is 11.8 Å². The monoisotopic (exact) mass is 341 g/mol. The fourth-order valence-corrected chi connectivity index (χ4v) is 2.41. The van der Waals surface area contributed by atoms with E-state index in [1.54, 1.807) is 18.2 Å². The normalized spacial score (nSPS) is 15.4. The molecule has 0 bridgehead atoms. The van der Waals surface area contributed by atoms with Gasteiger partial charge in [-0.1, -0.05) is 15.9 Å². The molecule has 0 radical (unpaired) electrons. The lowest BCUT2D eigenvalue weighted by atomic mass is 10.1. The van der Waals surface area contributed by atoms with Gasteiger partial charge < -0.3 is 9.84 Å². The maximum atomic E-state index is 12.2. The van der Waals surface area contributed by atoms with Crippen LogP contribution in [0, 0.1) is 0 Å². The topological polar surface area (TPSA) is 83.9 Å².